The standard InChI is InChI=1S/C58H71N11O14S/c1-58(2,3)46(70)34-47(59)64-56(78)62-38-11-9-37(10-12-38)41-35-68-42-14-13-39(33-45(42)84-57(68)63-41)82-28-25-66-21-23-67(24-22-66)51(74)18-17-48(71)60-19-5-26-79-29-31-81-32-30-80-27-6-20-61-50(73)36-83-44-8-4-7-40-52(44)55(77)69(54(40)76)43-15-16-49(72)65-53(43)75/h4,7-14,33-35,43,70H,5-6,15-32,36H2,1-3H3,(H,60,71)(H,61,73)(H,65,72,75)(H3,59,62,64,78)/b46-34-. The molecule has 2 fully saturated rings. The molecular formula is C58H71N11O14S. The SMILES string of the molecule is CC(C)(C)/C(O)=C/C(=N)NC(=O)Nc1ccc(-c2cn3c(n2)sc2cc(OCCN4CCN(C(=O)CCC(=O)NCCCOCCOCCOCCCNC(=O)COc5cccc6c5C(=O)N(C5CCC(=O)NC5=O)C6=O)CC4)ccc23)cc1. The van der Waals surface area contributed by atoms with E-state index in [0.717, 1.165) is 37.1 Å². The highest BCUT2D eigenvalue weighted by molar-refractivity contribution is 7.23. The molecule has 448 valence electrons. The molecule has 0 radical (unpaired) electrons. The summed E-state index contributed by atoms with van der Waals surface area (Å²) in [6.07, 6.45) is 4.61. The topological polar surface area (TPSA) is 314 Å². The summed E-state index contributed by atoms with van der Waals surface area (Å²) in [6, 6.07) is 15.9. The number of allylic oxidation sites excluding steroid dienone is 1. The van der Waals surface area contributed by atoms with E-state index in [9.17, 15) is 43.5 Å². The van der Waals surface area contributed by atoms with E-state index in [2.05, 4.69) is 31.5 Å². The van der Waals surface area contributed by atoms with Gasteiger partial charge in [0, 0.05) is 107 Å². The van der Waals surface area contributed by atoms with Crippen LogP contribution in [0.15, 0.2) is 78.7 Å². The molecular weight excluding hydrogens is 1110 g/mol. The average Bonchev–Trinajstić information content (AvgIpc) is 3.85. The van der Waals surface area contributed by atoms with E-state index in [1.807, 2.05) is 45.8 Å². The lowest BCUT2D eigenvalue weighted by Gasteiger charge is -2.34. The molecule has 3 aromatic carbocycles. The lowest BCUT2D eigenvalue weighted by molar-refractivity contribution is -0.136. The number of carbonyl (C=O) groups is 8. The summed E-state index contributed by atoms with van der Waals surface area (Å²) in [5.74, 6) is -2.68. The van der Waals surface area contributed by atoms with Crippen LogP contribution in [0.1, 0.15) is 80.0 Å². The zero-order valence-corrected chi connectivity index (χ0v) is 48.1. The third-order valence-corrected chi connectivity index (χ3v) is 14.9. The number of imide groups is 2. The molecule has 26 heteroatoms. The maximum Gasteiger partial charge on any atom is 0.324 e. The number of amidine groups is 1. The Labute approximate surface area is 488 Å². The van der Waals surface area contributed by atoms with E-state index in [1.54, 1.807) is 44.2 Å². The number of hydrogen-bond acceptors (Lipinski definition) is 18. The molecule has 84 heavy (non-hydrogen) atoms. The second-order valence-electron chi connectivity index (χ2n) is 21.1. The molecule has 5 aromatic rings. The Hall–Kier alpha value is -8.30. The van der Waals surface area contributed by atoms with Gasteiger partial charge in [-0.15, -0.1) is 0 Å². The van der Waals surface area contributed by atoms with Crippen molar-refractivity contribution in [3.8, 4) is 22.8 Å². The van der Waals surface area contributed by atoms with Crippen molar-refractivity contribution in [1.29, 1.82) is 5.41 Å². The minimum atomic E-state index is -1.11. The summed E-state index contributed by atoms with van der Waals surface area (Å²) in [7, 11) is 0. The van der Waals surface area contributed by atoms with Gasteiger partial charge in [-0.05, 0) is 61.7 Å². The third-order valence-electron chi connectivity index (χ3n) is 13.9. The van der Waals surface area contributed by atoms with Crippen LogP contribution in [0, 0.1) is 10.8 Å². The number of benzene rings is 3. The number of hydrogen-bond donors (Lipinski definition) is 7. The first-order valence-corrected chi connectivity index (χ1v) is 28.7. The molecule has 3 aliphatic heterocycles. The van der Waals surface area contributed by atoms with Gasteiger partial charge in [0.25, 0.3) is 17.7 Å². The van der Waals surface area contributed by atoms with Gasteiger partial charge in [0.2, 0.25) is 23.6 Å². The molecule has 2 aromatic heterocycles. The second-order valence-corrected chi connectivity index (χ2v) is 22.1. The smallest absolute Gasteiger partial charge is 0.324 e. The number of aliphatic hydroxyl groups excluding tert-OH is 1. The Bertz CT molecular complexity index is 3260. The second kappa shape index (κ2) is 29.3. The van der Waals surface area contributed by atoms with Crippen molar-refractivity contribution >= 4 is 85.4 Å². The van der Waals surface area contributed by atoms with Gasteiger partial charge in [-0.25, -0.2) is 9.78 Å². The van der Waals surface area contributed by atoms with E-state index in [1.165, 1.54) is 24.3 Å². The monoisotopic (exact) mass is 1180 g/mol. The normalized spacial score (nSPS) is 15.8. The molecule has 0 spiro atoms. The van der Waals surface area contributed by atoms with Crippen LogP contribution in [0.4, 0.5) is 10.5 Å². The number of carbonyl (C=O) groups excluding carboxylic acids is 8. The van der Waals surface area contributed by atoms with Gasteiger partial charge in [0.05, 0.1) is 53.5 Å². The number of aliphatic hydroxyl groups is 1. The molecule has 25 nitrogen and oxygen atoms in total. The number of amides is 9. The first kappa shape index (κ1) is 61.8. The quantitative estimate of drug-likeness (QED) is 0.0118. The zero-order valence-electron chi connectivity index (χ0n) is 47.3. The van der Waals surface area contributed by atoms with Crippen LogP contribution in [-0.4, -0.2) is 187 Å². The molecule has 1 atom stereocenters. The van der Waals surface area contributed by atoms with Gasteiger partial charge < -0.3 is 49.6 Å². The number of piperidine rings is 1. The first-order chi connectivity index (χ1) is 40.4. The molecule has 1 unspecified atom stereocenters. The van der Waals surface area contributed by atoms with Gasteiger partial charge in [-0.1, -0.05) is 50.3 Å². The molecule has 0 saturated carbocycles. The molecule has 7 N–H and O–H groups in total. The molecule has 2 saturated heterocycles. The Balaban J connectivity index is 0.598. The van der Waals surface area contributed by atoms with Gasteiger partial charge in [-0.2, -0.15) is 0 Å². The number of aromatic nitrogens is 2. The van der Waals surface area contributed by atoms with E-state index in [0.29, 0.717) is 111 Å². The number of anilines is 1. The lowest BCUT2D eigenvalue weighted by Crippen LogP contribution is -2.54. The number of imidazole rings is 1. The summed E-state index contributed by atoms with van der Waals surface area (Å²) in [4.78, 5) is 111. The fraction of sp³-hybridized carbons (Fsp3) is 0.448. The number of nitrogens with zero attached hydrogens (tertiary/aromatic N) is 5. The van der Waals surface area contributed by atoms with Crippen molar-refractivity contribution in [3.05, 3.63) is 89.8 Å². The molecule has 9 amide bonds. The van der Waals surface area contributed by atoms with Crippen molar-refractivity contribution in [2.45, 2.75) is 65.3 Å². The fourth-order valence-electron chi connectivity index (χ4n) is 9.23. The van der Waals surface area contributed by atoms with Gasteiger partial charge >= 0.3 is 6.03 Å². The van der Waals surface area contributed by atoms with E-state index in [4.69, 9.17) is 34.1 Å². The molecule has 8 rings (SSSR count). The third kappa shape index (κ3) is 16.9. The predicted octanol–water partition coefficient (Wildman–Crippen LogP) is 4.65. The van der Waals surface area contributed by atoms with Crippen LogP contribution < -0.4 is 36.1 Å². The van der Waals surface area contributed by atoms with E-state index >= 15 is 0 Å². The summed E-state index contributed by atoms with van der Waals surface area (Å²) in [5, 5.41) is 30.9. The minimum absolute atomic E-state index is 0.000120. The van der Waals surface area contributed by atoms with Crippen LogP contribution >= 0.6 is 11.3 Å². The highest BCUT2D eigenvalue weighted by atomic mass is 32.1. The minimum Gasteiger partial charge on any atom is -0.512 e. The van der Waals surface area contributed by atoms with Crippen LogP contribution in [-0.2, 0) is 38.2 Å². The number of ether oxygens (including phenoxy) is 5. The largest absolute Gasteiger partial charge is 0.512 e. The fourth-order valence-corrected chi connectivity index (χ4v) is 10.3. The van der Waals surface area contributed by atoms with Crippen LogP contribution in [0.3, 0.4) is 0 Å². The van der Waals surface area contributed by atoms with Crippen molar-refractivity contribution in [1.82, 2.24) is 45.4 Å². The van der Waals surface area contributed by atoms with Gasteiger partial charge in [0.15, 0.2) is 11.6 Å². The van der Waals surface area contributed by atoms with E-state index < -0.39 is 53.6 Å². The molecule has 5 heterocycles. The molecule has 0 aliphatic carbocycles. The summed E-state index contributed by atoms with van der Waals surface area (Å²) in [5.41, 5.74) is 2.66. The lowest BCUT2D eigenvalue weighted by atomic mass is 9.93. The Kier molecular flexibility index (Phi) is 21.5. The Morgan fingerprint density at radius 3 is 2.20 bits per heavy atom. The van der Waals surface area contributed by atoms with Gasteiger partial charge in [-0.3, -0.25) is 63.8 Å². The van der Waals surface area contributed by atoms with Crippen LogP contribution in [0.5, 0.6) is 11.5 Å². The van der Waals surface area contributed by atoms with Crippen molar-refractivity contribution < 1.29 is 67.1 Å². The van der Waals surface area contributed by atoms with Crippen molar-refractivity contribution in [3.63, 3.8) is 0 Å². The average molecular weight is 1180 g/mol. The van der Waals surface area contributed by atoms with Crippen molar-refractivity contribution in [2.24, 2.45) is 5.41 Å². The molecule has 3 aliphatic rings. The summed E-state index contributed by atoms with van der Waals surface area (Å²) in [6.45, 7) is 11.8. The number of urea groups is 1. The Morgan fingerprint density at radius 2 is 1.51 bits per heavy atom. The number of piperazine rings is 1. The van der Waals surface area contributed by atoms with Crippen LogP contribution in [0.2, 0.25) is 0 Å². The maximum atomic E-state index is 13.2. The zero-order chi connectivity index (χ0) is 59.8. The number of rotatable bonds is 28. The summed E-state index contributed by atoms with van der Waals surface area (Å²) < 4.78 is 31.5. The predicted molar refractivity (Wildman–Crippen MR) is 310 cm³/mol. The number of nitrogens with one attached hydrogen (secondary N) is 6. The highest BCUT2D eigenvalue weighted by Gasteiger charge is 2.46. The van der Waals surface area contributed by atoms with E-state index in [-0.39, 0.29) is 66.0 Å². The maximum absolute atomic E-state index is 13.2. The van der Waals surface area contributed by atoms with Crippen LogP contribution in [0.25, 0.3) is 26.4 Å². The number of thiazole rings is 1. The Morgan fingerprint density at radius 1 is 0.821 bits per heavy atom. The molecule has 0 bridgehead atoms. The summed E-state index contributed by atoms with van der Waals surface area (Å²) >= 11 is 1.55. The number of fused-ring (bicyclic) bond motifs is 4. The highest BCUT2D eigenvalue weighted by Crippen LogP contribution is 2.35. The van der Waals surface area contributed by atoms with Gasteiger partial charge in [0.1, 0.15) is 35.7 Å². The first-order valence-electron chi connectivity index (χ1n) is 27.9. The van der Waals surface area contributed by atoms with Crippen molar-refractivity contribution in [2.75, 3.05) is 104 Å².